The maximum atomic E-state index is 12.9. The van der Waals surface area contributed by atoms with Crippen LogP contribution in [0.2, 0.25) is 0 Å². The van der Waals surface area contributed by atoms with Crippen molar-refractivity contribution in [3.8, 4) is 11.1 Å². The van der Waals surface area contributed by atoms with Gasteiger partial charge in [0.05, 0.1) is 23.2 Å². The topological polar surface area (TPSA) is 86.9 Å². The van der Waals surface area contributed by atoms with Crippen LogP contribution in [0, 0.1) is 0 Å². The molecule has 0 aliphatic rings. The number of halogens is 3. The lowest BCUT2D eigenvalue weighted by atomic mass is 10.0. The van der Waals surface area contributed by atoms with Crippen molar-refractivity contribution < 1.29 is 22.8 Å². The lowest BCUT2D eigenvalue weighted by Gasteiger charge is -2.10. The van der Waals surface area contributed by atoms with E-state index in [-0.39, 0.29) is 17.9 Å². The Balaban J connectivity index is 1.50. The number of hydrogen-bond donors (Lipinski definition) is 3. The van der Waals surface area contributed by atoms with Crippen LogP contribution in [0.4, 0.5) is 18.9 Å². The molecular weight excluding hydrogens is 433 g/mol. The Kier molecular flexibility index (Phi) is 5.87. The number of carbonyl (C=O) groups is 2. The maximum Gasteiger partial charge on any atom is 0.416 e. The highest BCUT2D eigenvalue weighted by Gasteiger charge is 2.30. The minimum atomic E-state index is -4.52. The average molecular weight is 452 g/mol. The minimum Gasteiger partial charge on any atom is -0.359 e. The normalized spacial score (nSPS) is 11.4. The van der Waals surface area contributed by atoms with Gasteiger partial charge in [-0.3, -0.25) is 14.7 Å². The van der Waals surface area contributed by atoms with Gasteiger partial charge in [-0.2, -0.15) is 18.3 Å². The Morgan fingerprint density at radius 3 is 2.39 bits per heavy atom. The summed E-state index contributed by atoms with van der Waals surface area (Å²) in [7, 11) is 1.57. The molecule has 0 saturated heterocycles. The Labute approximate surface area is 186 Å². The molecule has 4 aromatic rings. The Morgan fingerprint density at radius 2 is 1.70 bits per heavy atom. The van der Waals surface area contributed by atoms with Crippen LogP contribution < -0.4 is 10.6 Å². The Bertz CT molecular complexity index is 1330. The van der Waals surface area contributed by atoms with Crippen LogP contribution in [0.3, 0.4) is 0 Å². The number of aromatic amines is 1. The van der Waals surface area contributed by atoms with Gasteiger partial charge in [0.1, 0.15) is 0 Å². The zero-order chi connectivity index (χ0) is 23.6. The highest BCUT2D eigenvalue weighted by molar-refractivity contribution is 6.04. The first-order chi connectivity index (χ1) is 15.7. The number of hydrogen-bond acceptors (Lipinski definition) is 3. The van der Waals surface area contributed by atoms with Gasteiger partial charge in [-0.15, -0.1) is 0 Å². The summed E-state index contributed by atoms with van der Waals surface area (Å²) < 4.78 is 38.6. The van der Waals surface area contributed by atoms with Crippen LogP contribution in [-0.4, -0.2) is 29.1 Å². The van der Waals surface area contributed by atoms with Gasteiger partial charge >= 0.3 is 6.18 Å². The first kappa shape index (κ1) is 22.1. The van der Waals surface area contributed by atoms with Crippen molar-refractivity contribution in [1.82, 2.24) is 15.5 Å². The second-order valence-corrected chi connectivity index (χ2v) is 7.39. The summed E-state index contributed by atoms with van der Waals surface area (Å²) in [5.41, 5.74) is 2.69. The summed E-state index contributed by atoms with van der Waals surface area (Å²) in [6.45, 7) is 0. The molecule has 0 aliphatic heterocycles. The number of benzene rings is 3. The summed E-state index contributed by atoms with van der Waals surface area (Å²) in [5.74, 6) is -0.747. The molecule has 1 heterocycles. The van der Waals surface area contributed by atoms with E-state index in [1.54, 1.807) is 31.3 Å². The molecule has 6 nitrogen and oxygen atoms in total. The molecule has 0 spiro atoms. The van der Waals surface area contributed by atoms with Crippen molar-refractivity contribution in [2.75, 3.05) is 12.4 Å². The van der Waals surface area contributed by atoms with E-state index in [2.05, 4.69) is 20.8 Å². The van der Waals surface area contributed by atoms with Gasteiger partial charge in [-0.1, -0.05) is 30.3 Å². The van der Waals surface area contributed by atoms with Crippen LogP contribution in [-0.2, 0) is 17.4 Å². The molecule has 0 radical (unpaired) electrons. The van der Waals surface area contributed by atoms with Gasteiger partial charge < -0.3 is 10.6 Å². The first-order valence-electron chi connectivity index (χ1n) is 10.0. The third-order valence-electron chi connectivity index (χ3n) is 5.18. The molecule has 2 amide bonds. The quantitative estimate of drug-likeness (QED) is 0.407. The molecule has 9 heteroatoms. The second kappa shape index (κ2) is 8.78. The van der Waals surface area contributed by atoms with Crippen molar-refractivity contribution in [2.45, 2.75) is 12.6 Å². The second-order valence-electron chi connectivity index (χ2n) is 7.39. The number of likely N-dealkylation sites (N-methyl/N-ethyl adjacent to an activating group) is 1. The van der Waals surface area contributed by atoms with Crippen molar-refractivity contribution in [3.63, 3.8) is 0 Å². The number of carbonyl (C=O) groups excluding carboxylic acids is 2. The number of rotatable bonds is 5. The Hall–Kier alpha value is -4.14. The zero-order valence-electron chi connectivity index (χ0n) is 17.5. The zero-order valence-corrected chi connectivity index (χ0v) is 17.5. The monoisotopic (exact) mass is 452 g/mol. The van der Waals surface area contributed by atoms with E-state index in [0.29, 0.717) is 11.2 Å². The average Bonchev–Trinajstić information content (AvgIpc) is 3.20. The third kappa shape index (κ3) is 4.87. The van der Waals surface area contributed by atoms with Crippen LogP contribution in [0.25, 0.3) is 22.0 Å². The van der Waals surface area contributed by atoms with E-state index >= 15 is 0 Å². The van der Waals surface area contributed by atoms with Gasteiger partial charge in [-0.05, 0) is 47.5 Å². The lowest BCUT2D eigenvalue weighted by molar-refractivity contribution is -0.137. The molecule has 3 aromatic carbocycles. The molecule has 3 N–H and O–H groups in total. The van der Waals surface area contributed by atoms with Crippen molar-refractivity contribution in [1.29, 1.82) is 0 Å². The summed E-state index contributed by atoms with van der Waals surface area (Å²) in [6.07, 6.45) is -4.32. The van der Waals surface area contributed by atoms with Crippen molar-refractivity contribution in [2.24, 2.45) is 0 Å². The number of alkyl halides is 3. The van der Waals surface area contributed by atoms with Gasteiger partial charge in [0.2, 0.25) is 5.91 Å². The minimum absolute atomic E-state index is 0.0783. The van der Waals surface area contributed by atoms with E-state index in [1.165, 1.54) is 12.1 Å². The van der Waals surface area contributed by atoms with Crippen LogP contribution in [0.5, 0.6) is 0 Å². The predicted molar refractivity (Wildman–Crippen MR) is 119 cm³/mol. The summed E-state index contributed by atoms with van der Waals surface area (Å²) in [6, 6.07) is 16.9. The van der Waals surface area contributed by atoms with E-state index in [4.69, 9.17) is 0 Å². The largest absolute Gasteiger partial charge is 0.416 e. The standard InChI is InChI=1S/C24H19F3N4O2/c1-28-22(32)13-21-19-10-7-15(12-20(19)30-31-21)14-5-8-18(9-6-14)29-23(33)16-3-2-4-17(11-16)24(25,26)27/h2-12H,13H2,1H3,(H,28,32)(H,29,33)(H,30,31). The number of anilines is 1. The smallest absolute Gasteiger partial charge is 0.359 e. The lowest BCUT2D eigenvalue weighted by Crippen LogP contribution is -2.20. The van der Waals surface area contributed by atoms with E-state index in [1.807, 2.05) is 18.2 Å². The molecule has 0 saturated carbocycles. The SMILES string of the molecule is CNC(=O)Cc1[nH]nc2cc(-c3ccc(NC(=O)c4cccc(C(F)(F)F)c4)cc3)ccc12. The molecule has 0 fully saturated rings. The molecule has 0 unspecified atom stereocenters. The predicted octanol–water partition coefficient (Wildman–Crippen LogP) is 4.79. The Morgan fingerprint density at radius 1 is 0.970 bits per heavy atom. The van der Waals surface area contributed by atoms with Crippen LogP contribution in [0.15, 0.2) is 66.7 Å². The highest BCUT2D eigenvalue weighted by atomic mass is 19.4. The molecule has 0 aliphatic carbocycles. The van der Waals surface area contributed by atoms with Gasteiger partial charge in [0.25, 0.3) is 5.91 Å². The fourth-order valence-corrected chi connectivity index (χ4v) is 3.42. The number of amides is 2. The number of fused-ring (bicyclic) bond motifs is 1. The number of nitrogens with one attached hydrogen (secondary N) is 3. The fourth-order valence-electron chi connectivity index (χ4n) is 3.42. The molecule has 4 rings (SSSR count). The molecule has 0 atom stereocenters. The molecular formula is C24H19F3N4O2. The molecule has 168 valence electrons. The summed E-state index contributed by atoms with van der Waals surface area (Å²) >= 11 is 0. The van der Waals surface area contributed by atoms with Crippen LogP contribution >= 0.6 is 0 Å². The summed E-state index contributed by atoms with van der Waals surface area (Å²) in [5, 5.41) is 13.2. The van der Waals surface area contributed by atoms with Gasteiger partial charge in [0.15, 0.2) is 0 Å². The van der Waals surface area contributed by atoms with Crippen molar-refractivity contribution in [3.05, 3.63) is 83.6 Å². The molecule has 1 aromatic heterocycles. The highest BCUT2D eigenvalue weighted by Crippen LogP contribution is 2.30. The van der Waals surface area contributed by atoms with Gasteiger partial charge in [0, 0.05) is 23.7 Å². The maximum absolute atomic E-state index is 12.9. The first-order valence-corrected chi connectivity index (χ1v) is 10.0. The van der Waals surface area contributed by atoms with E-state index < -0.39 is 17.6 Å². The van der Waals surface area contributed by atoms with Crippen molar-refractivity contribution >= 4 is 28.4 Å². The number of H-pyrrole nitrogens is 1. The fraction of sp³-hybridized carbons (Fsp3) is 0.125. The van der Waals surface area contributed by atoms with Crippen LogP contribution in [0.1, 0.15) is 21.6 Å². The van der Waals surface area contributed by atoms with E-state index in [0.717, 1.165) is 34.3 Å². The molecule has 0 bridgehead atoms. The van der Waals surface area contributed by atoms with E-state index in [9.17, 15) is 22.8 Å². The number of nitrogens with zero attached hydrogens (tertiary/aromatic N) is 1. The molecule has 33 heavy (non-hydrogen) atoms. The summed E-state index contributed by atoms with van der Waals surface area (Å²) in [4.78, 5) is 24.0. The number of aromatic nitrogens is 2. The van der Waals surface area contributed by atoms with Gasteiger partial charge in [-0.25, -0.2) is 0 Å². The third-order valence-corrected chi connectivity index (χ3v) is 5.18.